The van der Waals surface area contributed by atoms with Crippen molar-refractivity contribution in [2.45, 2.75) is 31.3 Å². The highest BCUT2D eigenvalue weighted by Crippen LogP contribution is 2.37. The average Bonchev–Trinajstić information content (AvgIpc) is 3.01. The van der Waals surface area contributed by atoms with Gasteiger partial charge >= 0.3 is 12.0 Å². The van der Waals surface area contributed by atoms with Gasteiger partial charge in [-0.15, -0.1) is 0 Å². The zero-order valence-electron chi connectivity index (χ0n) is 18.4. The fourth-order valence-electron chi connectivity index (χ4n) is 4.72. The van der Waals surface area contributed by atoms with Crippen molar-refractivity contribution in [3.05, 3.63) is 71.8 Å². The Morgan fingerprint density at radius 2 is 1.53 bits per heavy atom. The Balaban J connectivity index is 1.51. The lowest BCUT2D eigenvalue weighted by atomic mass is 9.85. The molecular formula is C25H29N3O4. The van der Waals surface area contributed by atoms with Crippen LogP contribution in [0.1, 0.15) is 24.0 Å². The fourth-order valence-corrected chi connectivity index (χ4v) is 4.72. The number of carbonyl (C=O) groups is 3. The van der Waals surface area contributed by atoms with Gasteiger partial charge < -0.3 is 9.64 Å². The molecule has 3 amide bonds. The third kappa shape index (κ3) is 4.39. The van der Waals surface area contributed by atoms with Crippen LogP contribution in [0.4, 0.5) is 4.79 Å². The first-order valence-corrected chi connectivity index (χ1v) is 11.0. The second kappa shape index (κ2) is 9.53. The van der Waals surface area contributed by atoms with E-state index in [2.05, 4.69) is 17.0 Å². The average molecular weight is 436 g/mol. The second-order valence-electron chi connectivity index (χ2n) is 8.43. The number of hydrogen-bond donors (Lipinski definition) is 0. The van der Waals surface area contributed by atoms with Crippen molar-refractivity contribution in [2.24, 2.45) is 0 Å². The Hall–Kier alpha value is -3.19. The molecule has 7 nitrogen and oxygen atoms in total. The monoisotopic (exact) mass is 435 g/mol. The van der Waals surface area contributed by atoms with Gasteiger partial charge in [0.05, 0.1) is 7.11 Å². The van der Waals surface area contributed by atoms with Gasteiger partial charge in [0.25, 0.3) is 5.91 Å². The Kier molecular flexibility index (Phi) is 6.55. The number of hydrogen-bond acceptors (Lipinski definition) is 5. The topological polar surface area (TPSA) is 70.2 Å². The Morgan fingerprint density at radius 3 is 2.12 bits per heavy atom. The van der Waals surface area contributed by atoms with Crippen LogP contribution >= 0.6 is 0 Å². The summed E-state index contributed by atoms with van der Waals surface area (Å²) in [6, 6.07) is 19.8. The number of esters is 1. The third-order valence-corrected chi connectivity index (χ3v) is 6.54. The predicted octanol–water partition coefficient (Wildman–Crippen LogP) is 2.70. The van der Waals surface area contributed by atoms with Crippen LogP contribution in [0.5, 0.6) is 0 Å². The number of likely N-dealkylation sites (tertiary alicyclic amines) is 1. The molecule has 168 valence electrons. The van der Waals surface area contributed by atoms with Crippen molar-refractivity contribution in [1.82, 2.24) is 14.7 Å². The third-order valence-electron chi connectivity index (χ3n) is 6.54. The number of methoxy groups -OCH3 is 1. The molecule has 2 aromatic carbocycles. The van der Waals surface area contributed by atoms with Crippen LogP contribution in [0.3, 0.4) is 0 Å². The van der Waals surface area contributed by atoms with E-state index in [1.54, 1.807) is 4.90 Å². The van der Waals surface area contributed by atoms with Crippen molar-refractivity contribution in [3.8, 4) is 0 Å². The van der Waals surface area contributed by atoms with Crippen LogP contribution < -0.4 is 0 Å². The predicted molar refractivity (Wildman–Crippen MR) is 120 cm³/mol. The number of ether oxygens (including phenoxy) is 1. The van der Waals surface area contributed by atoms with Gasteiger partial charge in [-0.2, -0.15) is 0 Å². The van der Waals surface area contributed by atoms with E-state index in [-0.39, 0.29) is 12.5 Å². The van der Waals surface area contributed by atoms with E-state index in [4.69, 9.17) is 4.74 Å². The van der Waals surface area contributed by atoms with Gasteiger partial charge in [0, 0.05) is 26.2 Å². The quantitative estimate of drug-likeness (QED) is 0.494. The largest absolute Gasteiger partial charge is 0.468 e. The number of benzene rings is 2. The highest BCUT2D eigenvalue weighted by molar-refractivity contribution is 6.08. The Bertz CT molecular complexity index is 956. The standard InChI is InChI=1S/C25H29N3O4/c1-32-22(29)19-27-23(30)25(28(24(27)31)15-12-20-8-4-2-5-9-20)13-16-26(17-14-25)18-21-10-6-3-7-11-21/h2-11H,12-19H2,1H3. The fraction of sp³-hybridized carbons (Fsp3) is 0.400. The summed E-state index contributed by atoms with van der Waals surface area (Å²) in [5.74, 6) is -0.867. The van der Waals surface area contributed by atoms with E-state index in [9.17, 15) is 14.4 Å². The molecule has 0 radical (unpaired) electrons. The van der Waals surface area contributed by atoms with Gasteiger partial charge in [-0.05, 0) is 30.4 Å². The van der Waals surface area contributed by atoms with Crippen molar-refractivity contribution >= 4 is 17.9 Å². The van der Waals surface area contributed by atoms with Crippen molar-refractivity contribution < 1.29 is 19.1 Å². The van der Waals surface area contributed by atoms with Gasteiger partial charge in [0.2, 0.25) is 0 Å². The van der Waals surface area contributed by atoms with E-state index in [0.29, 0.717) is 38.9 Å². The maximum absolute atomic E-state index is 13.5. The molecule has 2 aliphatic rings. The molecule has 2 fully saturated rings. The number of carbonyl (C=O) groups excluding carboxylic acids is 3. The molecule has 2 heterocycles. The highest BCUT2D eigenvalue weighted by Gasteiger charge is 2.58. The summed E-state index contributed by atoms with van der Waals surface area (Å²) in [7, 11) is 1.26. The van der Waals surface area contributed by atoms with Crippen LogP contribution in [0.25, 0.3) is 0 Å². The Labute approximate surface area is 188 Å². The highest BCUT2D eigenvalue weighted by atomic mass is 16.5. The lowest BCUT2D eigenvalue weighted by Gasteiger charge is -2.42. The van der Waals surface area contributed by atoms with E-state index >= 15 is 0 Å². The molecule has 7 heteroatoms. The molecule has 0 N–H and O–H groups in total. The van der Waals surface area contributed by atoms with E-state index in [1.165, 1.54) is 12.7 Å². The molecule has 0 aromatic heterocycles. The first kappa shape index (κ1) is 22.0. The van der Waals surface area contributed by atoms with E-state index < -0.39 is 17.5 Å². The normalized spacial score (nSPS) is 18.4. The van der Waals surface area contributed by atoms with Crippen molar-refractivity contribution in [2.75, 3.05) is 33.3 Å². The van der Waals surface area contributed by atoms with E-state index in [1.807, 2.05) is 48.5 Å². The van der Waals surface area contributed by atoms with Gasteiger partial charge in [-0.3, -0.25) is 19.4 Å². The van der Waals surface area contributed by atoms with Gasteiger partial charge in [-0.25, -0.2) is 4.79 Å². The van der Waals surface area contributed by atoms with Crippen molar-refractivity contribution in [3.63, 3.8) is 0 Å². The molecule has 0 unspecified atom stereocenters. The molecule has 2 aromatic rings. The molecule has 1 spiro atoms. The summed E-state index contributed by atoms with van der Waals surface area (Å²) >= 11 is 0. The minimum atomic E-state index is -0.896. The van der Waals surface area contributed by atoms with Gasteiger partial charge in [0.1, 0.15) is 12.1 Å². The lowest BCUT2D eigenvalue weighted by Crippen LogP contribution is -2.56. The summed E-state index contributed by atoms with van der Waals surface area (Å²) in [6.45, 7) is 2.33. The maximum atomic E-state index is 13.5. The second-order valence-corrected chi connectivity index (χ2v) is 8.43. The first-order chi connectivity index (χ1) is 15.5. The number of amides is 3. The molecule has 2 saturated heterocycles. The summed E-state index contributed by atoms with van der Waals surface area (Å²) in [5, 5.41) is 0. The molecule has 0 bridgehead atoms. The number of nitrogens with zero attached hydrogens (tertiary/aromatic N) is 3. The number of imide groups is 1. The summed E-state index contributed by atoms with van der Waals surface area (Å²) < 4.78 is 4.72. The molecule has 4 rings (SSSR count). The number of rotatable bonds is 7. The van der Waals surface area contributed by atoms with Crippen LogP contribution in [0.15, 0.2) is 60.7 Å². The summed E-state index contributed by atoms with van der Waals surface area (Å²) in [4.78, 5) is 43.7. The summed E-state index contributed by atoms with van der Waals surface area (Å²) in [5.41, 5.74) is 1.44. The zero-order chi connectivity index (χ0) is 22.6. The minimum absolute atomic E-state index is 0.277. The van der Waals surface area contributed by atoms with Crippen LogP contribution in [-0.2, 0) is 27.3 Å². The van der Waals surface area contributed by atoms with Crippen LogP contribution in [0, 0.1) is 0 Å². The van der Waals surface area contributed by atoms with Gasteiger partial charge in [0.15, 0.2) is 0 Å². The molecule has 0 atom stereocenters. The van der Waals surface area contributed by atoms with E-state index in [0.717, 1.165) is 17.0 Å². The molecular weight excluding hydrogens is 406 g/mol. The molecule has 32 heavy (non-hydrogen) atoms. The molecule has 0 aliphatic carbocycles. The lowest BCUT2D eigenvalue weighted by molar-refractivity contribution is -0.146. The van der Waals surface area contributed by atoms with Crippen LogP contribution in [0.2, 0.25) is 0 Å². The number of piperidine rings is 1. The maximum Gasteiger partial charge on any atom is 0.328 e. The minimum Gasteiger partial charge on any atom is -0.468 e. The van der Waals surface area contributed by atoms with Crippen LogP contribution in [-0.4, -0.2) is 71.4 Å². The first-order valence-electron chi connectivity index (χ1n) is 11.0. The van der Waals surface area contributed by atoms with Gasteiger partial charge in [-0.1, -0.05) is 60.7 Å². The summed E-state index contributed by atoms with van der Waals surface area (Å²) in [6.07, 6.45) is 1.76. The molecule has 2 aliphatic heterocycles. The smallest absolute Gasteiger partial charge is 0.328 e. The van der Waals surface area contributed by atoms with Crippen molar-refractivity contribution in [1.29, 1.82) is 0 Å². The Morgan fingerprint density at radius 1 is 0.938 bits per heavy atom. The number of urea groups is 1. The zero-order valence-corrected chi connectivity index (χ0v) is 18.4. The molecule has 0 saturated carbocycles. The SMILES string of the molecule is COC(=O)CN1C(=O)N(CCc2ccccc2)C2(CCN(Cc3ccccc3)CC2)C1=O.